The molecule has 0 radical (unpaired) electrons. The van der Waals surface area contributed by atoms with Crippen molar-refractivity contribution in [3.63, 3.8) is 0 Å². The van der Waals surface area contributed by atoms with E-state index >= 15 is 0 Å². The molecule has 1 aliphatic rings. The molecule has 6 heavy (non-hydrogen) atoms. The monoisotopic (exact) mass is 73.1 g/mol. The van der Waals surface area contributed by atoms with E-state index in [9.17, 15) is 0 Å². The summed E-state index contributed by atoms with van der Waals surface area (Å²) in [6.45, 7) is 0. The van der Waals surface area contributed by atoms with Gasteiger partial charge in [-0.3, -0.25) is 0 Å². The van der Waals surface area contributed by atoms with Gasteiger partial charge in [-0.25, -0.2) is 0 Å². The summed E-state index contributed by atoms with van der Waals surface area (Å²) in [6, 6.07) is 0. The Morgan fingerprint density at radius 2 is 1.50 bits per heavy atom. The van der Waals surface area contributed by atoms with Crippen molar-refractivity contribution in [2.24, 2.45) is 0 Å². The van der Waals surface area contributed by atoms with Crippen molar-refractivity contribution in [2.75, 3.05) is 0 Å². The van der Waals surface area contributed by atoms with Crippen LogP contribution >= 0.6 is 0 Å². The van der Waals surface area contributed by atoms with Crippen LogP contribution in [0.25, 0.3) is 0 Å². The maximum atomic E-state index is 2.12. The Kier molecular flexibility index (Phi) is 3.32. The molecule has 0 fully saturated rings. The molecule has 0 aliphatic heterocycles. The van der Waals surface area contributed by atoms with Crippen molar-refractivity contribution >= 4 is 0 Å². The first-order valence-corrected chi connectivity index (χ1v) is 1.82. The van der Waals surface area contributed by atoms with Crippen molar-refractivity contribution in [1.82, 2.24) is 0 Å². The van der Waals surface area contributed by atoms with Gasteiger partial charge in [-0.1, -0.05) is 24.3 Å². The molecule has 0 heterocycles. The van der Waals surface area contributed by atoms with Gasteiger partial charge in [0.05, 0.1) is 0 Å². The average molecular weight is 73.0 g/mol. The second kappa shape index (κ2) is 3.27. The topological polar surface area (TPSA) is 0 Å². The minimum atomic E-state index is 0. The largest absolute Gasteiger partial charge is 1.00 e. The van der Waals surface area contributed by atoms with E-state index in [1.165, 1.54) is 0 Å². The molecule has 0 saturated heterocycles. The quantitative estimate of drug-likeness (QED) is 0.306. The molecular weight excluding hydrogens is 67.0 g/mol. The Bertz CT molecular complexity index is 62.0. The summed E-state index contributed by atoms with van der Waals surface area (Å²) in [6.07, 6.45) is 9.50. The van der Waals surface area contributed by atoms with Crippen LogP contribution in [0.4, 0.5) is 0 Å². The van der Waals surface area contributed by atoms with Gasteiger partial charge in [-0.15, -0.1) is 0 Å². The summed E-state index contributed by atoms with van der Waals surface area (Å²) >= 11 is 0. The SMILES string of the molecule is C1=CCC=C1.[Li+]. The standard InChI is InChI=1S/C5H6.Li/c1-2-4-5-3-1;/h1-4H,5H2;/q;+1. The second-order valence-electron chi connectivity index (χ2n) is 1.09. The van der Waals surface area contributed by atoms with Gasteiger partial charge in [0.2, 0.25) is 0 Å². The van der Waals surface area contributed by atoms with Gasteiger partial charge in [-0.2, -0.15) is 0 Å². The maximum absolute atomic E-state index is 2.12. The van der Waals surface area contributed by atoms with Crippen LogP contribution in [0, 0.1) is 0 Å². The summed E-state index contributed by atoms with van der Waals surface area (Å²) in [7, 11) is 0. The molecule has 1 heteroatoms. The van der Waals surface area contributed by atoms with Crippen molar-refractivity contribution in [2.45, 2.75) is 6.42 Å². The van der Waals surface area contributed by atoms with E-state index in [1.807, 2.05) is 0 Å². The fourth-order valence-corrected chi connectivity index (χ4v) is 0.393. The third-order valence-electron chi connectivity index (χ3n) is 0.655. The molecule has 0 spiro atoms. The van der Waals surface area contributed by atoms with Crippen LogP contribution in [0.2, 0.25) is 0 Å². The van der Waals surface area contributed by atoms with Gasteiger partial charge in [0, 0.05) is 0 Å². The molecular formula is C5H6Li+. The number of hydrogen-bond donors (Lipinski definition) is 0. The zero-order chi connectivity index (χ0) is 3.54. The first kappa shape index (κ1) is 6.08. The molecule has 0 unspecified atom stereocenters. The zero-order valence-corrected chi connectivity index (χ0v) is 4.02. The van der Waals surface area contributed by atoms with Crippen molar-refractivity contribution < 1.29 is 18.9 Å². The molecule has 0 nitrogen and oxygen atoms in total. The predicted molar refractivity (Wildman–Crippen MR) is 22.9 cm³/mol. The van der Waals surface area contributed by atoms with Gasteiger partial charge in [0.15, 0.2) is 0 Å². The van der Waals surface area contributed by atoms with E-state index in [-0.39, 0.29) is 18.9 Å². The van der Waals surface area contributed by atoms with Crippen LogP contribution in [-0.4, -0.2) is 0 Å². The number of hydrogen-bond acceptors (Lipinski definition) is 0. The third kappa shape index (κ3) is 1.50. The van der Waals surface area contributed by atoms with Gasteiger partial charge < -0.3 is 0 Å². The summed E-state index contributed by atoms with van der Waals surface area (Å²) in [5.74, 6) is 0. The van der Waals surface area contributed by atoms with E-state index in [2.05, 4.69) is 24.3 Å². The zero-order valence-electron chi connectivity index (χ0n) is 4.02. The van der Waals surface area contributed by atoms with Crippen molar-refractivity contribution in [1.29, 1.82) is 0 Å². The van der Waals surface area contributed by atoms with Crippen LogP contribution in [0.15, 0.2) is 24.3 Å². The summed E-state index contributed by atoms with van der Waals surface area (Å²) in [5.41, 5.74) is 0. The van der Waals surface area contributed by atoms with E-state index < -0.39 is 0 Å². The second-order valence-corrected chi connectivity index (χ2v) is 1.09. The van der Waals surface area contributed by atoms with Crippen LogP contribution < -0.4 is 18.9 Å². The van der Waals surface area contributed by atoms with Crippen LogP contribution in [0.5, 0.6) is 0 Å². The van der Waals surface area contributed by atoms with Crippen molar-refractivity contribution in [3.05, 3.63) is 24.3 Å². The van der Waals surface area contributed by atoms with Gasteiger partial charge in [0.1, 0.15) is 0 Å². The first-order chi connectivity index (χ1) is 2.50. The van der Waals surface area contributed by atoms with E-state index in [4.69, 9.17) is 0 Å². The van der Waals surface area contributed by atoms with Gasteiger partial charge >= 0.3 is 18.9 Å². The molecule has 1 aliphatic carbocycles. The molecule has 0 atom stereocenters. The molecule has 0 aromatic carbocycles. The minimum absolute atomic E-state index is 0. The van der Waals surface area contributed by atoms with Gasteiger partial charge in [-0.05, 0) is 6.42 Å². The molecule has 0 aromatic rings. The Morgan fingerprint density at radius 3 is 1.67 bits per heavy atom. The minimum Gasteiger partial charge on any atom is -0.0808 e. The first-order valence-electron chi connectivity index (χ1n) is 1.82. The normalized spacial score (nSPS) is 14.7. The van der Waals surface area contributed by atoms with E-state index in [1.54, 1.807) is 0 Å². The third-order valence-corrected chi connectivity index (χ3v) is 0.655. The fourth-order valence-electron chi connectivity index (χ4n) is 0.393. The van der Waals surface area contributed by atoms with Crippen LogP contribution in [0.3, 0.4) is 0 Å². The summed E-state index contributed by atoms with van der Waals surface area (Å²) in [5, 5.41) is 0. The van der Waals surface area contributed by atoms with Crippen LogP contribution in [0.1, 0.15) is 6.42 Å². The van der Waals surface area contributed by atoms with Crippen LogP contribution in [-0.2, 0) is 0 Å². The molecule has 0 aromatic heterocycles. The number of allylic oxidation sites excluding steroid dienone is 4. The Labute approximate surface area is 50.1 Å². The Hall–Kier alpha value is 0.0774. The van der Waals surface area contributed by atoms with E-state index in [0.29, 0.717) is 0 Å². The summed E-state index contributed by atoms with van der Waals surface area (Å²) in [4.78, 5) is 0. The molecule has 1 rings (SSSR count). The summed E-state index contributed by atoms with van der Waals surface area (Å²) < 4.78 is 0. The maximum Gasteiger partial charge on any atom is 1.00 e. The smallest absolute Gasteiger partial charge is 0.0808 e. The molecule has 26 valence electrons. The van der Waals surface area contributed by atoms with Crippen molar-refractivity contribution in [3.8, 4) is 0 Å². The predicted octanol–water partition coefficient (Wildman–Crippen LogP) is -1.49. The fraction of sp³-hybridized carbons (Fsp3) is 0.200. The molecule has 0 amide bonds. The Balaban J connectivity index is 0.000000250. The molecule has 0 N–H and O–H groups in total. The molecule has 0 saturated carbocycles. The average Bonchev–Trinajstić information content (AvgIpc) is 1.76. The Morgan fingerprint density at radius 1 is 1.00 bits per heavy atom. The number of rotatable bonds is 0. The van der Waals surface area contributed by atoms with E-state index in [0.717, 1.165) is 6.42 Å². The van der Waals surface area contributed by atoms with Gasteiger partial charge in [0.25, 0.3) is 0 Å². The molecule has 0 bridgehead atoms.